The van der Waals surface area contributed by atoms with Crippen molar-refractivity contribution in [3.63, 3.8) is 0 Å². The van der Waals surface area contributed by atoms with Crippen LogP contribution in [-0.4, -0.2) is 32.8 Å². The summed E-state index contributed by atoms with van der Waals surface area (Å²) in [6, 6.07) is 6.53. The van der Waals surface area contributed by atoms with Gasteiger partial charge in [0.25, 0.3) is 5.56 Å². The van der Waals surface area contributed by atoms with Gasteiger partial charge in [-0.3, -0.25) is 19.5 Å². The maximum Gasteiger partial charge on any atom is 0.263 e. The number of rotatable bonds is 7. The van der Waals surface area contributed by atoms with Gasteiger partial charge in [0.05, 0.1) is 11.7 Å². The molecule has 3 aromatic heterocycles. The molecular formula is C20H18ClN5O3S2. The Bertz CT molecular complexity index is 1280. The monoisotopic (exact) mass is 475 g/mol. The molecule has 1 unspecified atom stereocenters. The number of thiophene rings is 1. The van der Waals surface area contributed by atoms with Crippen LogP contribution in [0, 0.1) is 0 Å². The van der Waals surface area contributed by atoms with Gasteiger partial charge in [0, 0.05) is 23.1 Å². The van der Waals surface area contributed by atoms with Crippen molar-refractivity contribution in [1.29, 1.82) is 0 Å². The van der Waals surface area contributed by atoms with Crippen molar-refractivity contribution < 1.29 is 9.53 Å². The van der Waals surface area contributed by atoms with Gasteiger partial charge < -0.3 is 4.74 Å². The SMILES string of the molecule is CCC(C(=O)Nc1nnc(COC)s1)n1cnc2scc(-c3ccc(Cl)cc3)c2c1=O. The molecule has 1 N–H and O–H groups in total. The molecule has 31 heavy (non-hydrogen) atoms. The molecule has 1 atom stereocenters. The van der Waals surface area contributed by atoms with E-state index in [1.807, 2.05) is 24.4 Å². The first-order valence-electron chi connectivity index (χ1n) is 9.38. The first kappa shape index (κ1) is 21.6. The summed E-state index contributed by atoms with van der Waals surface area (Å²) < 4.78 is 6.40. The fourth-order valence-electron chi connectivity index (χ4n) is 3.19. The number of methoxy groups -OCH3 is 1. The highest BCUT2D eigenvalue weighted by Gasteiger charge is 2.23. The Kier molecular flexibility index (Phi) is 6.42. The molecule has 3 heterocycles. The van der Waals surface area contributed by atoms with Gasteiger partial charge in [0.1, 0.15) is 22.5 Å². The van der Waals surface area contributed by atoms with E-state index in [2.05, 4.69) is 20.5 Å². The standard InChI is InChI=1S/C20H18ClN5O3S2/c1-3-14(17(27)23-20-25-24-15(31-20)8-29-2)26-10-22-18-16(19(26)28)13(9-30-18)11-4-6-12(21)7-5-11/h4-7,9-10,14H,3,8H2,1-2H3,(H,23,25,27). The number of hydrogen-bond donors (Lipinski definition) is 1. The van der Waals surface area contributed by atoms with E-state index in [-0.39, 0.29) is 11.5 Å². The molecule has 4 rings (SSSR count). The Morgan fingerprint density at radius 2 is 2.06 bits per heavy atom. The molecule has 0 saturated carbocycles. The van der Waals surface area contributed by atoms with Gasteiger partial charge in [0.2, 0.25) is 11.0 Å². The molecule has 0 radical (unpaired) electrons. The van der Waals surface area contributed by atoms with Crippen LogP contribution in [0.4, 0.5) is 5.13 Å². The lowest BCUT2D eigenvalue weighted by molar-refractivity contribution is -0.119. The van der Waals surface area contributed by atoms with E-state index in [4.69, 9.17) is 16.3 Å². The van der Waals surface area contributed by atoms with Crippen molar-refractivity contribution in [2.75, 3.05) is 12.4 Å². The summed E-state index contributed by atoms with van der Waals surface area (Å²) in [6.07, 6.45) is 1.83. The largest absolute Gasteiger partial charge is 0.377 e. The van der Waals surface area contributed by atoms with Gasteiger partial charge in [0.15, 0.2) is 0 Å². The minimum Gasteiger partial charge on any atom is -0.377 e. The molecule has 1 amide bonds. The molecule has 160 valence electrons. The number of carbonyl (C=O) groups is 1. The molecule has 0 spiro atoms. The second-order valence-corrected chi connectivity index (χ2v) is 9.00. The number of amides is 1. The summed E-state index contributed by atoms with van der Waals surface area (Å²) in [5, 5.41) is 14.7. The number of hydrogen-bond acceptors (Lipinski definition) is 8. The van der Waals surface area contributed by atoms with E-state index in [0.717, 1.165) is 11.1 Å². The quantitative estimate of drug-likeness (QED) is 0.426. The second kappa shape index (κ2) is 9.23. The molecule has 0 aliphatic heterocycles. The lowest BCUT2D eigenvalue weighted by Gasteiger charge is -2.16. The average molecular weight is 476 g/mol. The van der Waals surface area contributed by atoms with Crippen molar-refractivity contribution in [3.8, 4) is 11.1 Å². The number of anilines is 1. The zero-order chi connectivity index (χ0) is 22.0. The van der Waals surface area contributed by atoms with Gasteiger partial charge in [-0.2, -0.15) is 0 Å². The topological polar surface area (TPSA) is 99.0 Å². The first-order chi connectivity index (χ1) is 15.0. The third kappa shape index (κ3) is 4.38. The predicted octanol–water partition coefficient (Wildman–Crippen LogP) is 4.37. The first-order valence-corrected chi connectivity index (χ1v) is 11.5. The molecule has 8 nitrogen and oxygen atoms in total. The van der Waals surface area contributed by atoms with Gasteiger partial charge in [-0.15, -0.1) is 21.5 Å². The molecule has 0 aliphatic rings. The van der Waals surface area contributed by atoms with Crippen LogP contribution in [0.1, 0.15) is 24.4 Å². The summed E-state index contributed by atoms with van der Waals surface area (Å²) in [7, 11) is 1.56. The van der Waals surface area contributed by atoms with E-state index in [1.54, 1.807) is 19.2 Å². The van der Waals surface area contributed by atoms with Crippen LogP contribution in [0.5, 0.6) is 0 Å². The zero-order valence-electron chi connectivity index (χ0n) is 16.7. The highest BCUT2D eigenvalue weighted by atomic mass is 35.5. The van der Waals surface area contributed by atoms with Gasteiger partial charge in [-0.1, -0.05) is 42.0 Å². The maximum absolute atomic E-state index is 13.4. The predicted molar refractivity (Wildman–Crippen MR) is 123 cm³/mol. The van der Waals surface area contributed by atoms with E-state index in [0.29, 0.717) is 38.4 Å². The van der Waals surface area contributed by atoms with Gasteiger partial charge >= 0.3 is 0 Å². The van der Waals surface area contributed by atoms with Crippen molar-refractivity contribution in [3.05, 3.63) is 56.4 Å². The second-order valence-electron chi connectivity index (χ2n) is 6.64. The molecule has 11 heteroatoms. The van der Waals surface area contributed by atoms with Crippen molar-refractivity contribution >= 4 is 55.5 Å². The number of nitrogens with one attached hydrogen (secondary N) is 1. The Hall–Kier alpha value is -2.66. The third-order valence-corrected chi connectivity index (χ3v) is 6.62. The van der Waals surface area contributed by atoms with Crippen LogP contribution >= 0.6 is 34.3 Å². The Morgan fingerprint density at radius 3 is 2.77 bits per heavy atom. The van der Waals surface area contributed by atoms with E-state index in [9.17, 15) is 9.59 Å². The van der Waals surface area contributed by atoms with E-state index in [1.165, 1.54) is 33.6 Å². The van der Waals surface area contributed by atoms with Crippen LogP contribution < -0.4 is 10.9 Å². The smallest absolute Gasteiger partial charge is 0.263 e. The fraction of sp³-hybridized carbons (Fsp3) is 0.250. The van der Waals surface area contributed by atoms with Crippen LogP contribution in [0.2, 0.25) is 5.02 Å². The number of halogens is 1. The highest BCUT2D eigenvalue weighted by Crippen LogP contribution is 2.31. The fourth-order valence-corrected chi connectivity index (χ4v) is 4.94. The number of benzene rings is 1. The summed E-state index contributed by atoms with van der Waals surface area (Å²) in [4.78, 5) is 31.4. The number of ether oxygens (including phenoxy) is 1. The van der Waals surface area contributed by atoms with Crippen molar-refractivity contribution in [2.24, 2.45) is 0 Å². The molecule has 0 fully saturated rings. The minimum atomic E-state index is -0.739. The minimum absolute atomic E-state index is 0.268. The van der Waals surface area contributed by atoms with E-state index < -0.39 is 6.04 Å². The molecule has 0 aliphatic carbocycles. The summed E-state index contributed by atoms with van der Waals surface area (Å²) in [5.41, 5.74) is 1.37. The van der Waals surface area contributed by atoms with Crippen LogP contribution in [0.3, 0.4) is 0 Å². The number of aromatic nitrogens is 4. The zero-order valence-corrected chi connectivity index (χ0v) is 19.1. The van der Waals surface area contributed by atoms with Crippen molar-refractivity contribution in [2.45, 2.75) is 26.0 Å². The van der Waals surface area contributed by atoms with Crippen LogP contribution in [0.25, 0.3) is 21.3 Å². The summed E-state index contributed by atoms with van der Waals surface area (Å²) in [6.45, 7) is 2.15. The lowest BCUT2D eigenvalue weighted by Crippen LogP contribution is -2.33. The third-order valence-electron chi connectivity index (χ3n) is 4.66. The number of carbonyl (C=O) groups excluding carboxylic acids is 1. The lowest BCUT2D eigenvalue weighted by atomic mass is 10.1. The highest BCUT2D eigenvalue weighted by molar-refractivity contribution is 7.17. The molecule has 0 saturated heterocycles. The number of nitrogens with zero attached hydrogens (tertiary/aromatic N) is 4. The summed E-state index contributed by atoms with van der Waals surface area (Å²) >= 11 is 8.61. The molecule has 0 bridgehead atoms. The Balaban J connectivity index is 1.69. The van der Waals surface area contributed by atoms with Gasteiger partial charge in [-0.05, 0) is 24.1 Å². The van der Waals surface area contributed by atoms with Crippen LogP contribution in [-0.2, 0) is 16.1 Å². The Labute approximate surface area is 190 Å². The molecule has 4 aromatic rings. The normalized spacial score (nSPS) is 12.2. The van der Waals surface area contributed by atoms with Gasteiger partial charge in [-0.25, -0.2) is 4.98 Å². The summed E-state index contributed by atoms with van der Waals surface area (Å²) in [5.74, 6) is -0.353. The average Bonchev–Trinajstić information content (AvgIpc) is 3.38. The molecule has 1 aromatic carbocycles. The number of fused-ring (bicyclic) bond motifs is 1. The maximum atomic E-state index is 13.4. The van der Waals surface area contributed by atoms with Crippen LogP contribution in [0.15, 0.2) is 40.8 Å². The van der Waals surface area contributed by atoms with E-state index >= 15 is 0 Å². The Morgan fingerprint density at radius 1 is 1.29 bits per heavy atom. The molecular weight excluding hydrogens is 458 g/mol. The van der Waals surface area contributed by atoms with Crippen molar-refractivity contribution in [1.82, 2.24) is 19.7 Å².